The molecule has 5 nitrogen and oxygen atoms in total. The molecular weight excluding hydrogens is 252 g/mol. The first-order valence-corrected chi connectivity index (χ1v) is 6.51. The SMILES string of the molecule is CCN(c1ccc(C(N)=O)cc1)c1nc(C)cc(C)n1. The van der Waals surface area contributed by atoms with Crippen LogP contribution in [-0.4, -0.2) is 22.4 Å². The lowest BCUT2D eigenvalue weighted by Crippen LogP contribution is -2.20. The van der Waals surface area contributed by atoms with Crippen LogP contribution in [0.2, 0.25) is 0 Å². The average molecular weight is 270 g/mol. The molecule has 2 aromatic rings. The molecule has 20 heavy (non-hydrogen) atoms. The topological polar surface area (TPSA) is 72.1 Å². The summed E-state index contributed by atoms with van der Waals surface area (Å²) in [4.78, 5) is 22.0. The van der Waals surface area contributed by atoms with Crippen molar-refractivity contribution in [2.75, 3.05) is 11.4 Å². The van der Waals surface area contributed by atoms with Crippen LogP contribution in [0, 0.1) is 13.8 Å². The fourth-order valence-corrected chi connectivity index (χ4v) is 2.07. The molecule has 0 radical (unpaired) electrons. The van der Waals surface area contributed by atoms with Gasteiger partial charge in [0, 0.05) is 29.2 Å². The van der Waals surface area contributed by atoms with Crippen LogP contribution in [0.5, 0.6) is 0 Å². The van der Waals surface area contributed by atoms with E-state index in [9.17, 15) is 4.79 Å². The van der Waals surface area contributed by atoms with E-state index in [0.717, 1.165) is 23.6 Å². The van der Waals surface area contributed by atoms with Gasteiger partial charge < -0.3 is 10.6 Å². The third kappa shape index (κ3) is 2.93. The summed E-state index contributed by atoms with van der Waals surface area (Å²) < 4.78 is 0. The normalized spacial score (nSPS) is 10.3. The van der Waals surface area contributed by atoms with Crippen molar-refractivity contribution in [2.24, 2.45) is 5.73 Å². The predicted octanol–water partition coefficient (Wildman–Crippen LogP) is 2.35. The largest absolute Gasteiger partial charge is 0.366 e. The Morgan fingerprint density at radius 3 is 2.15 bits per heavy atom. The van der Waals surface area contributed by atoms with Gasteiger partial charge in [0.1, 0.15) is 0 Å². The quantitative estimate of drug-likeness (QED) is 0.925. The second-order valence-electron chi connectivity index (χ2n) is 4.61. The van der Waals surface area contributed by atoms with Gasteiger partial charge in [0.05, 0.1) is 0 Å². The first kappa shape index (κ1) is 14.0. The third-order valence-electron chi connectivity index (χ3n) is 2.99. The van der Waals surface area contributed by atoms with E-state index in [0.29, 0.717) is 11.5 Å². The van der Waals surface area contributed by atoms with Crippen molar-refractivity contribution in [1.29, 1.82) is 0 Å². The van der Waals surface area contributed by atoms with Crippen molar-refractivity contribution in [3.63, 3.8) is 0 Å². The van der Waals surface area contributed by atoms with Crippen molar-refractivity contribution in [1.82, 2.24) is 9.97 Å². The second kappa shape index (κ2) is 5.69. The molecule has 5 heteroatoms. The molecule has 1 amide bonds. The van der Waals surface area contributed by atoms with Crippen molar-refractivity contribution in [3.8, 4) is 0 Å². The van der Waals surface area contributed by atoms with Gasteiger partial charge in [-0.3, -0.25) is 4.79 Å². The van der Waals surface area contributed by atoms with Gasteiger partial charge in [-0.15, -0.1) is 0 Å². The van der Waals surface area contributed by atoms with Crippen LogP contribution >= 0.6 is 0 Å². The van der Waals surface area contributed by atoms with Crippen LogP contribution < -0.4 is 10.6 Å². The highest BCUT2D eigenvalue weighted by Gasteiger charge is 2.11. The van der Waals surface area contributed by atoms with Crippen LogP contribution in [0.15, 0.2) is 30.3 Å². The van der Waals surface area contributed by atoms with Crippen LogP contribution in [0.4, 0.5) is 11.6 Å². The Kier molecular flexibility index (Phi) is 3.98. The molecule has 0 spiro atoms. The maximum Gasteiger partial charge on any atom is 0.248 e. The van der Waals surface area contributed by atoms with E-state index in [2.05, 4.69) is 9.97 Å². The highest BCUT2D eigenvalue weighted by Crippen LogP contribution is 2.22. The summed E-state index contributed by atoms with van der Waals surface area (Å²) in [5.74, 6) is 0.235. The number of anilines is 2. The molecule has 0 saturated carbocycles. The fourth-order valence-electron chi connectivity index (χ4n) is 2.07. The van der Waals surface area contributed by atoms with Gasteiger partial charge in [-0.05, 0) is 51.1 Å². The Morgan fingerprint density at radius 1 is 1.15 bits per heavy atom. The number of amides is 1. The molecule has 0 bridgehead atoms. The molecule has 0 fully saturated rings. The standard InChI is InChI=1S/C15H18N4O/c1-4-19(15-17-10(2)9-11(3)18-15)13-7-5-12(6-8-13)14(16)20/h5-9H,4H2,1-3H3,(H2,16,20). The van der Waals surface area contributed by atoms with E-state index < -0.39 is 5.91 Å². The Bertz CT molecular complexity index is 602. The van der Waals surface area contributed by atoms with Gasteiger partial charge in [-0.1, -0.05) is 0 Å². The average Bonchev–Trinajstić information content (AvgIpc) is 2.39. The number of aromatic nitrogens is 2. The van der Waals surface area contributed by atoms with E-state index >= 15 is 0 Å². The number of nitrogens with zero attached hydrogens (tertiary/aromatic N) is 3. The summed E-state index contributed by atoms with van der Waals surface area (Å²) >= 11 is 0. The molecule has 2 N–H and O–H groups in total. The number of carbonyl (C=O) groups is 1. The minimum Gasteiger partial charge on any atom is -0.366 e. The van der Waals surface area contributed by atoms with Gasteiger partial charge in [0.15, 0.2) is 0 Å². The summed E-state index contributed by atoms with van der Waals surface area (Å²) in [5, 5.41) is 0. The van der Waals surface area contributed by atoms with E-state index in [-0.39, 0.29) is 0 Å². The number of hydrogen-bond donors (Lipinski definition) is 1. The maximum absolute atomic E-state index is 11.1. The Balaban J connectivity index is 2.38. The van der Waals surface area contributed by atoms with Crippen molar-refractivity contribution in [3.05, 3.63) is 47.3 Å². The van der Waals surface area contributed by atoms with Crippen molar-refractivity contribution < 1.29 is 4.79 Å². The molecule has 1 aromatic heterocycles. The first-order valence-electron chi connectivity index (χ1n) is 6.51. The molecule has 0 saturated heterocycles. The van der Waals surface area contributed by atoms with Crippen LogP contribution in [0.3, 0.4) is 0 Å². The van der Waals surface area contributed by atoms with Crippen molar-refractivity contribution in [2.45, 2.75) is 20.8 Å². The molecular formula is C15H18N4O. The fraction of sp³-hybridized carbons (Fsp3) is 0.267. The molecule has 1 aromatic carbocycles. The smallest absolute Gasteiger partial charge is 0.248 e. The highest BCUT2D eigenvalue weighted by atomic mass is 16.1. The number of aryl methyl sites for hydroxylation is 2. The monoisotopic (exact) mass is 270 g/mol. The minimum absolute atomic E-state index is 0.428. The van der Waals surface area contributed by atoms with Crippen LogP contribution in [-0.2, 0) is 0 Å². The van der Waals surface area contributed by atoms with E-state index in [4.69, 9.17) is 5.73 Å². The Morgan fingerprint density at radius 2 is 1.70 bits per heavy atom. The first-order chi connectivity index (χ1) is 9.51. The maximum atomic E-state index is 11.1. The van der Waals surface area contributed by atoms with Gasteiger partial charge in [-0.2, -0.15) is 0 Å². The zero-order valence-electron chi connectivity index (χ0n) is 11.9. The van der Waals surface area contributed by atoms with Gasteiger partial charge in [0.25, 0.3) is 0 Å². The number of nitrogens with two attached hydrogens (primary N) is 1. The van der Waals surface area contributed by atoms with E-state index in [1.54, 1.807) is 12.1 Å². The van der Waals surface area contributed by atoms with Gasteiger partial charge in [0.2, 0.25) is 11.9 Å². The van der Waals surface area contributed by atoms with Crippen molar-refractivity contribution >= 4 is 17.5 Å². The number of rotatable bonds is 4. The number of primary amides is 1. The Hall–Kier alpha value is -2.43. The summed E-state index contributed by atoms with van der Waals surface area (Å²) in [6, 6.07) is 9.06. The zero-order chi connectivity index (χ0) is 14.7. The van der Waals surface area contributed by atoms with E-state index in [1.165, 1.54) is 0 Å². The predicted molar refractivity (Wildman–Crippen MR) is 79.1 cm³/mol. The molecule has 1 heterocycles. The summed E-state index contributed by atoms with van der Waals surface area (Å²) in [6.45, 7) is 6.66. The Labute approximate surface area is 118 Å². The van der Waals surface area contributed by atoms with Crippen LogP contribution in [0.1, 0.15) is 28.7 Å². The number of benzene rings is 1. The summed E-state index contributed by atoms with van der Waals surface area (Å²) in [5.41, 5.74) is 8.53. The molecule has 0 aliphatic heterocycles. The lowest BCUT2D eigenvalue weighted by Gasteiger charge is -2.21. The highest BCUT2D eigenvalue weighted by molar-refractivity contribution is 5.93. The van der Waals surface area contributed by atoms with Gasteiger partial charge in [-0.25, -0.2) is 9.97 Å². The molecule has 2 rings (SSSR count). The van der Waals surface area contributed by atoms with E-state index in [1.807, 2.05) is 43.9 Å². The minimum atomic E-state index is -0.428. The third-order valence-corrected chi connectivity index (χ3v) is 2.99. The number of carbonyl (C=O) groups excluding carboxylic acids is 1. The summed E-state index contributed by atoms with van der Waals surface area (Å²) in [7, 11) is 0. The molecule has 104 valence electrons. The molecule has 0 atom stereocenters. The van der Waals surface area contributed by atoms with Gasteiger partial charge >= 0.3 is 0 Å². The second-order valence-corrected chi connectivity index (χ2v) is 4.61. The molecule has 0 aliphatic rings. The van der Waals surface area contributed by atoms with Crippen LogP contribution in [0.25, 0.3) is 0 Å². The lowest BCUT2D eigenvalue weighted by atomic mass is 10.2. The summed E-state index contributed by atoms with van der Waals surface area (Å²) in [6.07, 6.45) is 0. The molecule has 0 aliphatic carbocycles. The lowest BCUT2D eigenvalue weighted by molar-refractivity contribution is 0.100. The number of hydrogen-bond acceptors (Lipinski definition) is 4. The zero-order valence-corrected chi connectivity index (χ0v) is 11.9. The molecule has 0 unspecified atom stereocenters.